The second-order valence-corrected chi connectivity index (χ2v) is 13.7. The maximum Gasteiger partial charge on any atom is 0.159 e. The molecule has 4 rings (SSSR count). The summed E-state index contributed by atoms with van der Waals surface area (Å²) in [6.07, 6.45) is 15.6. The average molecular weight is 468 g/mol. The van der Waals surface area contributed by atoms with Gasteiger partial charge in [0.1, 0.15) is 0 Å². The van der Waals surface area contributed by atoms with Gasteiger partial charge in [0.05, 0.1) is 0 Å². The van der Waals surface area contributed by atoms with Crippen LogP contribution in [0, 0.1) is 29.4 Å². The highest BCUT2D eigenvalue weighted by atomic mass is 28.3. The molecule has 0 bridgehead atoms. The second-order valence-electron chi connectivity index (χ2n) is 10.7. The van der Waals surface area contributed by atoms with E-state index >= 15 is 0 Å². The van der Waals surface area contributed by atoms with E-state index in [4.69, 9.17) is 0 Å². The van der Waals surface area contributed by atoms with Gasteiger partial charge >= 0.3 is 0 Å². The molecule has 0 unspecified atom stereocenters. The molecule has 2 aliphatic rings. The predicted octanol–water partition coefficient (Wildman–Crippen LogP) is 9.47. The van der Waals surface area contributed by atoms with Crippen molar-refractivity contribution in [3.05, 3.63) is 59.7 Å². The molecule has 2 aromatic carbocycles. The third-order valence-electron chi connectivity index (χ3n) is 8.48. The summed E-state index contributed by atoms with van der Waals surface area (Å²) in [7, 11) is -0.000152. The van der Waals surface area contributed by atoms with E-state index in [1.807, 2.05) is 12.1 Å². The van der Waals surface area contributed by atoms with Crippen LogP contribution in [0.4, 0.5) is 8.78 Å². The van der Waals surface area contributed by atoms with E-state index in [2.05, 4.69) is 19.1 Å². The summed E-state index contributed by atoms with van der Waals surface area (Å²) >= 11 is 0. The smallest absolute Gasteiger partial charge is 0.159 e. The molecule has 0 aromatic heterocycles. The average Bonchev–Trinajstić information content (AvgIpc) is 2.86. The Morgan fingerprint density at radius 2 is 1.42 bits per heavy atom. The van der Waals surface area contributed by atoms with Crippen LogP contribution in [0.3, 0.4) is 0 Å². The zero-order valence-corrected chi connectivity index (χ0v) is 21.4. The van der Waals surface area contributed by atoms with Gasteiger partial charge in [-0.2, -0.15) is 0 Å². The summed E-state index contributed by atoms with van der Waals surface area (Å²) in [5.74, 6) is 1.35. The Balaban J connectivity index is 1.17. The monoisotopic (exact) mass is 467 g/mol. The van der Waals surface area contributed by atoms with Gasteiger partial charge in [-0.25, -0.2) is 8.78 Å². The lowest BCUT2D eigenvalue weighted by Crippen LogP contribution is -2.28. The lowest BCUT2D eigenvalue weighted by Gasteiger charge is -2.37. The van der Waals surface area contributed by atoms with Gasteiger partial charge in [-0.1, -0.05) is 100 Å². The van der Waals surface area contributed by atoms with Crippen LogP contribution in [0.1, 0.15) is 76.7 Å². The van der Waals surface area contributed by atoms with Crippen LogP contribution in [0.2, 0.25) is 18.1 Å². The van der Waals surface area contributed by atoms with E-state index in [9.17, 15) is 8.78 Å². The fraction of sp³-hybridized carbons (Fsp3) is 0.600. The van der Waals surface area contributed by atoms with Gasteiger partial charge in [0, 0.05) is 8.80 Å². The first-order valence-corrected chi connectivity index (χ1v) is 15.6. The van der Waals surface area contributed by atoms with E-state index in [1.165, 1.54) is 69.1 Å². The van der Waals surface area contributed by atoms with E-state index in [0.717, 1.165) is 35.3 Å². The number of halogens is 2. The molecule has 1 radical (unpaired) electrons. The number of hydrogen-bond donors (Lipinski definition) is 0. The zero-order valence-electron chi connectivity index (χ0n) is 20.4. The van der Waals surface area contributed by atoms with Crippen molar-refractivity contribution < 1.29 is 8.78 Å². The van der Waals surface area contributed by atoms with Crippen LogP contribution >= 0.6 is 0 Å². The molecule has 3 heteroatoms. The third kappa shape index (κ3) is 7.01. The van der Waals surface area contributed by atoms with Gasteiger partial charge in [-0.3, -0.25) is 0 Å². The molecule has 1 aliphatic heterocycles. The quantitative estimate of drug-likeness (QED) is 0.254. The molecule has 2 fully saturated rings. The predicted molar refractivity (Wildman–Crippen MR) is 138 cm³/mol. The molecule has 1 saturated carbocycles. The molecule has 0 spiro atoms. The fourth-order valence-electron chi connectivity index (χ4n) is 6.25. The molecule has 0 N–H and O–H groups in total. The summed E-state index contributed by atoms with van der Waals surface area (Å²) in [6.45, 7) is 2.32. The number of aryl methyl sites for hydroxylation is 1. The Morgan fingerprint density at radius 3 is 2.09 bits per heavy atom. The summed E-state index contributed by atoms with van der Waals surface area (Å²) in [4.78, 5) is 0. The maximum absolute atomic E-state index is 13.5. The molecular formula is C30H41F2Si. The van der Waals surface area contributed by atoms with Crippen molar-refractivity contribution in [2.75, 3.05) is 0 Å². The van der Waals surface area contributed by atoms with Crippen LogP contribution in [0.25, 0.3) is 11.1 Å². The standard InChI is InChI=1S/C30H41F2Si/c1-2-3-4-19-33-20-17-27(18-21-33)25-11-7-23(8-12-25)5-6-24-9-13-26(14-10-24)28-15-16-29(31)30(32)22-28/h9-10,13-16,22-23,25,27H,2-8,11-12,17-21H2,1H3. The molecule has 0 nitrogen and oxygen atoms in total. The number of benzene rings is 2. The van der Waals surface area contributed by atoms with Crippen molar-refractivity contribution in [3.8, 4) is 11.1 Å². The molecule has 2 aromatic rings. The Morgan fingerprint density at radius 1 is 0.758 bits per heavy atom. The molecule has 1 aliphatic carbocycles. The highest BCUT2D eigenvalue weighted by molar-refractivity contribution is 6.58. The van der Waals surface area contributed by atoms with Gasteiger partial charge < -0.3 is 0 Å². The second kappa shape index (κ2) is 12.3. The first-order chi connectivity index (χ1) is 16.1. The summed E-state index contributed by atoms with van der Waals surface area (Å²) in [6, 6.07) is 17.3. The minimum absolute atomic E-state index is 0.000152. The first kappa shape index (κ1) is 24.6. The lowest BCUT2D eigenvalue weighted by atomic mass is 9.73. The van der Waals surface area contributed by atoms with E-state index in [0.29, 0.717) is 0 Å². The lowest BCUT2D eigenvalue weighted by molar-refractivity contribution is 0.186. The van der Waals surface area contributed by atoms with Crippen molar-refractivity contribution >= 4 is 8.80 Å². The van der Waals surface area contributed by atoms with Crippen LogP contribution in [0.5, 0.6) is 0 Å². The van der Waals surface area contributed by atoms with Gasteiger partial charge in [0.15, 0.2) is 11.6 Å². The molecule has 179 valence electrons. The fourth-order valence-corrected chi connectivity index (χ4v) is 9.31. The highest BCUT2D eigenvalue weighted by Crippen LogP contribution is 2.42. The Bertz CT molecular complexity index is 846. The zero-order chi connectivity index (χ0) is 23.0. The van der Waals surface area contributed by atoms with Crippen LogP contribution in [0.15, 0.2) is 42.5 Å². The van der Waals surface area contributed by atoms with Crippen LogP contribution in [-0.4, -0.2) is 8.80 Å². The molecule has 33 heavy (non-hydrogen) atoms. The van der Waals surface area contributed by atoms with Crippen molar-refractivity contribution in [2.45, 2.75) is 95.7 Å². The van der Waals surface area contributed by atoms with Crippen LogP contribution in [-0.2, 0) is 6.42 Å². The Kier molecular flexibility index (Phi) is 9.17. The number of unbranched alkanes of at least 4 members (excludes halogenated alkanes) is 2. The third-order valence-corrected chi connectivity index (χ3v) is 11.5. The number of hydrogen-bond acceptors (Lipinski definition) is 0. The van der Waals surface area contributed by atoms with E-state index in [-0.39, 0.29) is 8.80 Å². The molecular weight excluding hydrogens is 426 g/mol. The highest BCUT2D eigenvalue weighted by Gasteiger charge is 2.31. The van der Waals surface area contributed by atoms with E-state index < -0.39 is 11.6 Å². The van der Waals surface area contributed by atoms with Crippen molar-refractivity contribution in [1.82, 2.24) is 0 Å². The SMILES string of the molecule is CCCCC[Si]1CCC(C2CCC(CCc3ccc(-c4ccc(F)c(F)c4)cc3)CC2)CC1. The minimum Gasteiger partial charge on any atom is -0.204 e. The van der Waals surface area contributed by atoms with Gasteiger partial charge in [0.2, 0.25) is 0 Å². The topological polar surface area (TPSA) is 0 Å². The van der Waals surface area contributed by atoms with Gasteiger partial charge in [-0.15, -0.1) is 0 Å². The molecule has 1 heterocycles. The van der Waals surface area contributed by atoms with Gasteiger partial charge in [-0.05, 0) is 72.3 Å². The normalized spacial score (nSPS) is 22.5. The number of rotatable bonds is 9. The maximum atomic E-state index is 13.5. The molecule has 0 amide bonds. The summed E-state index contributed by atoms with van der Waals surface area (Å²) < 4.78 is 26.7. The van der Waals surface area contributed by atoms with Crippen molar-refractivity contribution in [3.63, 3.8) is 0 Å². The molecule has 0 atom stereocenters. The Hall–Kier alpha value is -1.48. The molecule has 1 saturated heterocycles. The minimum atomic E-state index is -0.790. The van der Waals surface area contributed by atoms with Gasteiger partial charge in [0.25, 0.3) is 0 Å². The van der Waals surface area contributed by atoms with Crippen LogP contribution < -0.4 is 0 Å². The van der Waals surface area contributed by atoms with Crippen molar-refractivity contribution in [2.24, 2.45) is 17.8 Å². The first-order valence-electron chi connectivity index (χ1n) is 13.5. The largest absolute Gasteiger partial charge is 0.204 e. The summed E-state index contributed by atoms with van der Waals surface area (Å²) in [5.41, 5.74) is 3.03. The Labute approximate surface area is 201 Å². The van der Waals surface area contributed by atoms with Crippen molar-refractivity contribution in [1.29, 1.82) is 0 Å². The summed E-state index contributed by atoms with van der Waals surface area (Å²) in [5, 5.41) is 0. The van der Waals surface area contributed by atoms with E-state index in [1.54, 1.807) is 37.0 Å².